The van der Waals surface area contributed by atoms with E-state index in [2.05, 4.69) is 15.5 Å². The van der Waals surface area contributed by atoms with Crippen LogP contribution in [0.1, 0.15) is 30.5 Å². The van der Waals surface area contributed by atoms with Gasteiger partial charge < -0.3 is 11.1 Å². The minimum atomic E-state index is 0.0278. The molecule has 0 radical (unpaired) electrons. The highest BCUT2D eigenvalue weighted by Crippen LogP contribution is 2.32. The Morgan fingerprint density at radius 1 is 1.75 bits per heavy atom. The molecule has 1 saturated carbocycles. The zero-order valence-corrected chi connectivity index (χ0v) is 9.49. The number of aryl methyl sites for hydroxylation is 1. The van der Waals surface area contributed by atoms with Crippen molar-refractivity contribution in [3.8, 4) is 0 Å². The number of rotatable bonds is 5. The lowest BCUT2D eigenvalue weighted by Crippen LogP contribution is -2.32. The van der Waals surface area contributed by atoms with Gasteiger partial charge in [-0.25, -0.2) is 0 Å². The van der Waals surface area contributed by atoms with Gasteiger partial charge in [0.15, 0.2) is 0 Å². The van der Waals surface area contributed by atoms with E-state index in [0.717, 1.165) is 11.3 Å². The lowest BCUT2D eigenvalue weighted by atomic mass is 10.1. The van der Waals surface area contributed by atoms with Crippen molar-refractivity contribution in [3.63, 3.8) is 0 Å². The topological polar surface area (TPSA) is 83.8 Å². The molecule has 0 saturated heterocycles. The van der Waals surface area contributed by atoms with E-state index in [0.29, 0.717) is 18.9 Å². The first-order valence-corrected chi connectivity index (χ1v) is 5.68. The summed E-state index contributed by atoms with van der Waals surface area (Å²) in [5.41, 5.74) is 7.89. The van der Waals surface area contributed by atoms with Crippen LogP contribution in [0.25, 0.3) is 0 Å². The Bertz CT molecular complexity index is 370. The average Bonchev–Trinajstić information content (AvgIpc) is 3.00. The van der Waals surface area contributed by atoms with Gasteiger partial charge >= 0.3 is 0 Å². The molecule has 1 aromatic heterocycles. The smallest absolute Gasteiger partial charge is 0.221 e. The molecule has 0 spiro atoms. The lowest BCUT2D eigenvalue weighted by molar-refractivity contribution is -0.121. The van der Waals surface area contributed by atoms with Crippen LogP contribution in [0.5, 0.6) is 0 Å². The molecule has 1 heterocycles. The molecule has 0 aromatic carbocycles. The number of H-pyrrole nitrogens is 1. The largest absolute Gasteiger partial charge is 0.352 e. The van der Waals surface area contributed by atoms with Crippen LogP contribution in [-0.2, 0) is 11.3 Å². The number of hydrogen-bond donors (Lipinski definition) is 3. The van der Waals surface area contributed by atoms with Crippen molar-refractivity contribution < 1.29 is 4.79 Å². The standard InChI is InChI=1S/C11H18N4O/c1-7-9(6-14-15-7)5-13-11(16)4-10(12)8-2-3-8/h6,8,10H,2-5,12H2,1H3,(H,13,16)(H,14,15). The highest BCUT2D eigenvalue weighted by atomic mass is 16.1. The number of carbonyl (C=O) groups excluding carboxylic acids is 1. The molecule has 5 nitrogen and oxygen atoms in total. The summed E-state index contributed by atoms with van der Waals surface area (Å²) in [7, 11) is 0. The van der Waals surface area contributed by atoms with Gasteiger partial charge in [-0.15, -0.1) is 0 Å². The summed E-state index contributed by atoms with van der Waals surface area (Å²) < 4.78 is 0. The maximum atomic E-state index is 11.6. The first-order valence-electron chi connectivity index (χ1n) is 5.68. The third kappa shape index (κ3) is 2.82. The predicted octanol–water partition coefficient (Wildman–Crippen LogP) is 0.462. The van der Waals surface area contributed by atoms with Gasteiger partial charge in [-0.1, -0.05) is 0 Å². The highest BCUT2D eigenvalue weighted by Gasteiger charge is 2.29. The normalized spacial score (nSPS) is 17.1. The van der Waals surface area contributed by atoms with Crippen LogP contribution < -0.4 is 11.1 Å². The molecule has 1 unspecified atom stereocenters. The number of aromatic amines is 1. The molecule has 4 N–H and O–H groups in total. The van der Waals surface area contributed by atoms with E-state index < -0.39 is 0 Å². The number of nitrogens with one attached hydrogen (secondary N) is 2. The van der Waals surface area contributed by atoms with E-state index in [9.17, 15) is 4.79 Å². The molecule has 1 aliphatic carbocycles. The molecule has 1 aliphatic rings. The van der Waals surface area contributed by atoms with Crippen molar-refractivity contribution in [3.05, 3.63) is 17.5 Å². The number of nitrogens with zero attached hydrogens (tertiary/aromatic N) is 1. The van der Waals surface area contributed by atoms with E-state index in [1.165, 1.54) is 12.8 Å². The fourth-order valence-corrected chi connectivity index (χ4v) is 1.72. The maximum absolute atomic E-state index is 11.6. The molecule has 0 bridgehead atoms. The van der Waals surface area contributed by atoms with Gasteiger partial charge in [0, 0.05) is 30.3 Å². The van der Waals surface area contributed by atoms with E-state index >= 15 is 0 Å². The first-order chi connectivity index (χ1) is 7.66. The predicted molar refractivity (Wildman–Crippen MR) is 60.5 cm³/mol. The molecule has 16 heavy (non-hydrogen) atoms. The van der Waals surface area contributed by atoms with Crippen molar-refractivity contribution in [2.24, 2.45) is 11.7 Å². The van der Waals surface area contributed by atoms with Crippen LogP contribution in [0.15, 0.2) is 6.20 Å². The van der Waals surface area contributed by atoms with Gasteiger partial charge in [0.2, 0.25) is 5.91 Å². The van der Waals surface area contributed by atoms with Gasteiger partial charge in [0.25, 0.3) is 0 Å². The maximum Gasteiger partial charge on any atom is 0.221 e. The van der Waals surface area contributed by atoms with Crippen molar-refractivity contribution in [2.45, 2.75) is 38.8 Å². The summed E-state index contributed by atoms with van der Waals surface area (Å²) in [5, 5.41) is 9.59. The Labute approximate surface area is 94.8 Å². The lowest BCUT2D eigenvalue weighted by Gasteiger charge is -2.10. The second-order valence-electron chi connectivity index (χ2n) is 4.50. The summed E-state index contributed by atoms with van der Waals surface area (Å²) >= 11 is 0. The minimum Gasteiger partial charge on any atom is -0.352 e. The Morgan fingerprint density at radius 3 is 3.06 bits per heavy atom. The molecule has 1 amide bonds. The summed E-state index contributed by atoms with van der Waals surface area (Å²) in [4.78, 5) is 11.6. The van der Waals surface area contributed by atoms with Crippen LogP contribution in [0.2, 0.25) is 0 Å². The van der Waals surface area contributed by atoms with E-state index in [1.54, 1.807) is 6.20 Å². The average molecular weight is 222 g/mol. The zero-order valence-electron chi connectivity index (χ0n) is 9.49. The molecule has 1 atom stereocenters. The van der Waals surface area contributed by atoms with Crippen molar-refractivity contribution in [2.75, 3.05) is 0 Å². The van der Waals surface area contributed by atoms with Gasteiger partial charge in [-0.2, -0.15) is 5.10 Å². The van der Waals surface area contributed by atoms with Crippen molar-refractivity contribution in [1.29, 1.82) is 0 Å². The number of aromatic nitrogens is 2. The number of hydrogen-bond acceptors (Lipinski definition) is 3. The van der Waals surface area contributed by atoms with Crippen LogP contribution >= 0.6 is 0 Å². The molecular weight excluding hydrogens is 204 g/mol. The number of carbonyl (C=O) groups is 1. The van der Waals surface area contributed by atoms with Crippen molar-refractivity contribution >= 4 is 5.91 Å². The minimum absolute atomic E-state index is 0.0278. The Hall–Kier alpha value is -1.36. The molecule has 88 valence electrons. The molecule has 1 aromatic rings. The van der Waals surface area contributed by atoms with Crippen molar-refractivity contribution in [1.82, 2.24) is 15.5 Å². The Morgan fingerprint density at radius 2 is 2.50 bits per heavy atom. The monoisotopic (exact) mass is 222 g/mol. The Balaban J connectivity index is 1.73. The zero-order chi connectivity index (χ0) is 11.5. The molecular formula is C11H18N4O. The van der Waals surface area contributed by atoms with Gasteiger partial charge in [-0.05, 0) is 25.7 Å². The second-order valence-corrected chi connectivity index (χ2v) is 4.50. The SMILES string of the molecule is Cc1[nH]ncc1CNC(=O)CC(N)C1CC1. The van der Waals surface area contributed by atoms with Crippen LogP contribution in [0, 0.1) is 12.8 Å². The first kappa shape index (κ1) is 11.1. The van der Waals surface area contributed by atoms with E-state index in [4.69, 9.17) is 5.73 Å². The number of nitrogens with two attached hydrogens (primary N) is 1. The fraction of sp³-hybridized carbons (Fsp3) is 0.636. The summed E-state index contributed by atoms with van der Waals surface area (Å²) in [6.45, 7) is 2.46. The van der Waals surface area contributed by atoms with Gasteiger partial charge in [-0.3, -0.25) is 9.89 Å². The highest BCUT2D eigenvalue weighted by molar-refractivity contribution is 5.76. The summed E-state index contributed by atoms with van der Waals surface area (Å²) in [6, 6.07) is 0.0328. The fourth-order valence-electron chi connectivity index (χ4n) is 1.72. The third-order valence-electron chi connectivity index (χ3n) is 3.06. The molecule has 2 rings (SSSR count). The molecule has 5 heteroatoms. The van der Waals surface area contributed by atoms with E-state index in [-0.39, 0.29) is 11.9 Å². The number of amides is 1. The summed E-state index contributed by atoms with van der Waals surface area (Å²) in [6.07, 6.45) is 4.52. The van der Waals surface area contributed by atoms with Crippen LogP contribution in [0.3, 0.4) is 0 Å². The molecule has 1 fully saturated rings. The third-order valence-corrected chi connectivity index (χ3v) is 3.06. The van der Waals surface area contributed by atoms with Gasteiger partial charge in [0.05, 0.1) is 6.20 Å². The quantitative estimate of drug-likeness (QED) is 0.676. The van der Waals surface area contributed by atoms with Crippen LogP contribution in [0.4, 0.5) is 0 Å². The Kier molecular flexibility index (Phi) is 3.24. The van der Waals surface area contributed by atoms with E-state index in [1.807, 2.05) is 6.92 Å². The summed E-state index contributed by atoms with van der Waals surface area (Å²) in [5.74, 6) is 0.599. The molecule has 0 aliphatic heterocycles. The van der Waals surface area contributed by atoms with Gasteiger partial charge in [0.1, 0.15) is 0 Å². The van der Waals surface area contributed by atoms with Crippen LogP contribution in [-0.4, -0.2) is 22.1 Å². The second kappa shape index (κ2) is 4.65.